The molecule has 0 unspecified atom stereocenters. The third-order valence-electron chi connectivity index (χ3n) is 5.85. The average Bonchev–Trinajstić information content (AvgIpc) is 2.83. The molecule has 0 saturated carbocycles. The van der Waals surface area contributed by atoms with E-state index in [4.69, 9.17) is 9.47 Å². The maximum atomic E-state index is 13.7. The van der Waals surface area contributed by atoms with Crippen LogP contribution >= 0.6 is 0 Å². The van der Waals surface area contributed by atoms with E-state index in [-0.39, 0.29) is 23.3 Å². The molecule has 1 amide bonds. The summed E-state index contributed by atoms with van der Waals surface area (Å²) in [5, 5.41) is 13.1. The first-order valence-electron chi connectivity index (χ1n) is 10.9. The summed E-state index contributed by atoms with van der Waals surface area (Å²) >= 11 is 0. The van der Waals surface area contributed by atoms with Gasteiger partial charge in [0, 0.05) is 23.7 Å². The van der Waals surface area contributed by atoms with E-state index in [1.807, 2.05) is 6.07 Å². The van der Waals surface area contributed by atoms with Crippen molar-refractivity contribution in [2.45, 2.75) is 19.4 Å². The van der Waals surface area contributed by atoms with Gasteiger partial charge in [0.25, 0.3) is 0 Å². The molecule has 2 N–H and O–H groups in total. The number of halogens is 1. The smallest absolute Gasteiger partial charge is 0.227 e. The van der Waals surface area contributed by atoms with Crippen LogP contribution in [0, 0.1) is 11.7 Å². The molecule has 4 rings (SSSR count). The van der Waals surface area contributed by atoms with Crippen molar-refractivity contribution in [3.05, 3.63) is 78.1 Å². The Balaban J connectivity index is 1.28. The molecule has 3 aromatic rings. The molecule has 7 heteroatoms. The van der Waals surface area contributed by atoms with Crippen LogP contribution in [0.5, 0.6) is 23.0 Å². The van der Waals surface area contributed by atoms with E-state index < -0.39 is 5.82 Å². The highest BCUT2D eigenvalue weighted by Gasteiger charge is 2.26. The first kappa shape index (κ1) is 22.6. The van der Waals surface area contributed by atoms with Gasteiger partial charge in [0.15, 0.2) is 11.6 Å². The van der Waals surface area contributed by atoms with Crippen molar-refractivity contribution in [1.82, 2.24) is 4.90 Å². The molecule has 33 heavy (non-hydrogen) atoms. The number of piperidine rings is 1. The van der Waals surface area contributed by atoms with Gasteiger partial charge >= 0.3 is 0 Å². The Labute approximate surface area is 192 Å². The van der Waals surface area contributed by atoms with Gasteiger partial charge in [0.2, 0.25) is 5.91 Å². The molecule has 1 aliphatic rings. The summed E-state index contributed by atoms with van der Waals surface area (Å²) in [4.78, 5) is 15.0. The van der Waals surface area contributed by atoms with Gasteiger partial charge in [0.05, 0.1) is 7.11 Å². The highest BCUT2D eigenvalue weighted by Crippen LogP contribution is 2.31. The molecule has 6 nitrogen and oxygen atoms in total. The van der Waals surface area contributed by atoms with Gasteiger partial charge in [-0.1, -0.05) is 18.2 Å². The average molecular weight is 451 g/mol. The number of methoxy groups -OCH3 is 1. The van der Waals surface area contributed by atoms with E-state index in [9.17, 15) is 14.3 Å². The van der Waals surface area contributed by atoms with Crippen LogP contribution in [0.15, 0.2) is 66.7 Å². The summed E-state index contributed by atoms with van der Waals surface area (Å²) in [6.45, 7) is 2.09. The molecular weight excluding hydrogens is 423 g/mol. The first-order valence-corrected chi connectivity index (χ1v) is 10.9. The van der Waals surface area contributed by atoms with Crippen molar-refractivity contribution in [3.8, 4) is 23.0 Å². The van der Waals surface area contributed by atoms with E-state index in [2.05, 4.69) is 10.2 Å². The topological polar surface area (TPSA) is 71.0 Å². The fourth-order valence-electron chi connectivity index (χ4n) is 3.99. The van der Waals surface area contributed by atoms with E-state index in [1.54, 1.807) is 61.7 Å². The number of aromatic hydroxyl groups is 1. The summed E-state index contributed by atoms with van der Waals surface area (Å²) in [7, 11) is 1.59. The minimum absolute atomic E-state index is 0.0161. The number of ether oxygens (including phenoxy) is 2. The maximum absolute atomic E-state index is 13.7. The lowest BCUT2D eigenvalue weighted by molar-refractivity contribution is -0.121. The number of amides is 1. The Bertz CT molecular complexity index is 1100. The predicted molar refractivity (Wildman–Crippen MR) is 124 cm³/mol. The zero-order valence-electron chi connectivity index (χ0n) is 18.5. The summed E-state index contributed by atoms with van der Waals surface area (Å²) in [6, 6.07) is 18.3. The van der Waals surface area contributed by atoms with E-state index >= 15 is 0 Å². The molecule has 1 aliphatic heterocycles. The molecule has 1 saturated heterocycles. The van der Waals surface area contributed by atoms with Crippen LogP contribution < -0.4 is 14.8 Å². The molecule has 172 valence electrons. The lowest BCUT2D eigenvalue weighted by Crippen LogP contribution is -2.37. The largest absolute Gasteiger partial charge is 0.507 e. The van der Waals surface area contributed by atoms with Crippen LogP contribution in [0.3, 0.4) is 0 Å². The minimum Gasteiger partial charge on any atom is -0.507 e. The van der Waals surface area contributed by atoms with Crippen LogP contribution in [0.4, 0.5) is 10.1 Å². The van der Waals surface area contributed by atoms with Gasteiger partial charge < -0.3 is 19.9 Å². The lowest BCUT2D eigenvalue weighted by Gasteiger charge is -2.31. The zero-order valence-corrected chi connectivity index (χ0v) is 18.5. The summed E-state index contributed by atoms with van der Waals surface area (Å²) in [5.74, 6) is 1.00. The van der Waals surface area contributed by atoms with Gasteiger partial charge in [-0.05, 0) is 74.5 Å². The van der Waals surface area contributed by atoms with Crippen molar-refractivity contribution in [1.29, 1.82) is 0 Å². The van der Waals surface area contributed by atoms with Crippen molar-refractivity contribution in [2.24, 2.45) is 5.92 Å². The fourth-order valence-corrected chi connectivity index (χ4v) is 3.99. The number of rotatable bonds is 7. The number of phenols is 1. The zero-order chi connectivity index (χ0) is 23.2. The maximum Gasteiger partial charge on any atom is 0.227 e. The second kappa shape index (κ2) is 10.4. The molecule has 0 aliphatic carbocycles. The third kappa shape index (κ3) is 5.62. The number of phenolic OH excluding ortho intramolecular Hbond substituents is 1. The van der Waals surface area contributed by atoms with Crippen molar-refractivity contribution < 1.29 is 23.8 Å². The van der Waals surface area contributed by atoms with Crippen molar-refractivity contribution in [2.75, 3.05) is 25.5 Å². The number of hydrogen-bond acceptors (Lipinski definition) is 5. The Morgan fingerprint density at radius 3 is 2.42 bits per heavy atom. The van der Waals surface area contributed by atoms with E-state index in [1.165, 1.54) is 6.07 Å². The molecule has 3 aromatic carbocycles. The predicted octanol–water partition coefficient (Wildman–Crippen LogP) is 5.18. The van der Waals surface area contributed by atoms with Gasteiger partial charge in [-0.25, -0.2) is 4.39 Å². The van der Waals surface area contributed by atoms with Gasteiger partial charge in [-0.3, -0.25) is 9.69 Å². The van der Waals surface area contributed by atoms with E-state index in [0.717, 1.165) is 31.5 Å². The molecule has 0 atom stereocenters. The minimum atomic E-state index is -0.429. The molecule has 0 spiro atoms. The standard InChI is InChI=1S/C26H27FN2O4/c1-32-24-8-4-6-23(30)21(24)17-29-15-13-18(14-16-29)26(31)28-19-9-11-20(12-10-19)33-25-7-3-2-5-22(25)27/h2-12,18,30H,13-17H2,1H3,(H,28,31). The number of benzene rings is 3. The van der Waals surface area contributed by atoms with Crippen LogP contribution in [-0.4, -0.2) is 36.1 Å². The highest BCUT2D eigenvalue weighted by atomic mass is 19.1. The number of nitrogens with one attached hydrogen (secondary N) is 1. The molecule has 1 heterocycles. The van der Waals surface area contributed by atoms with Gasteiger partial charge in [-0.15, -0.1) is 0 Å². The third-order valence-corrected chi connectivity index (χ3v) is 5.85. The van der Waals surface area contributed by atoms with Gasteiger partial charge in [-0.2, -0.15) is 0 Å². The highest BCUT2D eigenvalue weighted by molar-refractivity contribution is 5.92. The molecule has 0 radical (unpaired) electrons. The molecule has 0 bridgehead atoms. The number of likely N-dealkylation sites (tertiary alicyclic amines) is 1. The number of para-hydroxylation sites is 1. The van der Waals surface area contributed by atoms with Crippen LogP contribution in [0.1, 0.15) is 18.4 Å². The molecular formula is C26H27FN2O4. The molecule has 1 fully saturated rings. The number of carbonyl (C=O) groups excluding carboxylic acids is 1. The SMILES string of the molecule is COc1cccc(O)c1CN1CCC(C(=O)Nc2ccc(Oc3ccccc3F)cc2)CC1. The summed E-state index contributed by atoms with van der Waals surface area (Å²) < 4.78 is 24.6. The van der Waals surface area contributed by atoms with E-state index in [0.29, 0.717) is 23.7 Å². The van der Waals surface area contributed by atoms with Crippen LogP contribution in [0.25, 0.3) is 0 Å². The van der Waals surface area contributed by atoms with Crippen LogP contribution in [0.2, 0.25) is 0 Å². The molecule has 0 aromatic heterocycles. The number of hydrogen-bond donors (Lipinski definition) is 2. The summed E-state index contributed by atoms with van der Waals surface area (Å²) in [5.41, 5.74) is 1.43. The Morgan fingerprint density at radius 2 is 1.73 bits per heavy atom. The van der Waals surface area contributed by atoms with Crippen LogP contribution in [-0.2, 0) is 11.3 Å². The second-order valence-electron chi connectivity index (χ2n) is 8.05. The Morgan fingerprint density at radius 1 is 1.03 bits per heavy atom. The quantitative estimate of drug-likeness (QED) is 0.519. The summed E-state index contributed by atoms with van der Waals surface area (Å²) in [6.07, 6.45) is 1.46. The normalized spacial score (nSPS) is 14.6. The number of anilines is 1. The fraction of sp³-hybridized carbons (Fsp3) is 0.269. The Kier molecular flexibility index (Phi) is 7.10. The monoisotopic (exact) mass is 450 g/mol. The lowest BCUT2D eigenvalue weighted by atomic mass is 9.95. The van der Waals surface area contributed by atoms with Crippen molar-refractivity contribution in [3.63, 3.8) is 0 Å². The number of carbonyl (C=O) groups is 1. The van der Waals surface area contributed by atoms with Crippen molar-refractivity contribution >= 4 is 11.6 Å². The number of nitrogens with zero attached hydrogens (tertiary/aromatic N) is 1. The first-order chi connectivity index (χ1) is 16.0. The Hall–Kier alpha value is -3.58. The second-order valence-corrected chi connectivity index (χ2v) is 8.05. The van der Waals surface area contributed by atoms with Gasteiger partial charge in [0.1, 0.15) is 17.2 Å².